The largest absolute Gasteiger partial charge is 0.384 e. The minimum atomic E-state index is 0.418. The Kier molecular flexibility index (Phi) is 3.87. The number of nitrogens with zero attached hydrogens (tertiary/aromatic N) is 5. The average molecular weight is 301 g/mol. The van der Waals surface area contributed by atoms with Gasteiger partial charge in [-0.2, -0.15) is 0 Å². The molecule has 0 atom stereocenters. The molecule has 108 valence electrons. The number of aromatic nitrogens is 5. The summed E-state index contributed by atoms with van der Waals surface area (Å²) in [5.74, 6) is 1.94. The lowest BCUT2D eigenvalue weighted by atomic mass is 10.4. The SMILES string of the molecule is Nc1ccc(SCCCn2cnc3c(N)ncnc32)cn1. The summed E-state index contributed by atoms with van der Waals surface area (Å²) in [5.41, 5.74) is 12.8. The smallest absolute Gasteiger partial charge is 0.165 e. The first-order valence-electron chi connectivity index (χ1n) is 6.49. The molecule has 0 aliphatic heterocycles. The number of thioether (sulfide) groups is 1. The van der Waals surface area contributed by atoms with E-state index in [1.165, 1.54) is 6.33 Å². The second-order valence-electron chi connectivity index (χ2n) is 4.49. The molecule has 0 unspecified atom stereocenters. The second-order valence-corrected chi connectivity index (χ2v) is 5.66. The van der Waals surface area contributed by atoms with Crippen LogP contribution in [0.5, 0.6) is 0 Å². The van der Waals surface area contributed by atoms with Gasteiger partial charge in [0, 0.05) is 17.6 Å². The number of fused-ring (bicyclic) bond motifs is 1. The summed E-state index contributed by atoms with van der Waals surface area (Å²) in [6.07, 6.45) is 6.00. The van der Waals surface area contributed by atoms with E-state index in [1.807, 2.05) is 16.7 Å². The number of hydrogen-bond donors (Lipinski definition) is 2. The topological polar surface area (TPSA) is 109 Å². The molecule has 0 spiro atoms. The Morgan fingerprint density at radius 2 is 2.00 bits per heavy atom. The molecular weight excluding hydrogens is 286 g/mol. The third kappa shape index (κ3) is 3.05. The van der Waals surface area contributed by atoms with Crippen LogP contribution < -0.4 is 11.5 Å². The molecule has 0 saturated heterocycles. The van der Waals surface area contributed by atoms with Crippen LogP contribution in [0, 0.1) is 0 Å². The maximum absolute atomic E-state index is 5.76. The van der Waals surface area contributed by atoms with E-state index < -0.39 is 0 Å². The summed E-state index contributed by atoms with van der Waals surface area (Å²) in [4.78, 5) is 17.6. The van der Waals surface area contributed by atoms with Gasteiger partial charge < -0.3 is 16.0 Å². The fourth-order valence-electron chi connectivity index (χ4n) is 1.96. The Morgan fingerprint density at radius 3 is 2.81 bits per heavy atom. The van der Waals surface area contributed by atoms with Gasteiger partial charge in [0.1, 0.15) is 17.7 Å². The minimum absolute atomic E-state index is 0.418. The molecule has 8 heteroatoms. The molecule has 0 aliphatic carbocycles. The number of pyridine rings is 1. The van der Waals surface area contributed by atoms with Gasteiger partial charge in [0.15, 0.2) is 11.5 Å². The quantitative estimate of drug-likeness (QED) is 0.544. The van der Waals surface area contributed by atoms with Crippen molar-refractivity contribution in [2.24, 2.45) is 0 Å². The standard InChI is InChI=1S/C13H15N7S/c14-10-3-2-9(6-16-10)21-5-1-4-20-8-19-11-12(15)17-7-18-13(11)20/h2-3,6-8H,1,4-5H2,(H2,14,16)(H2,15,17,18). The van der Waals surface area contributed by atoms with E-state index in [-0.39, 0.29) is 0 Å². The highest BCUT2D eigenvalue weighted by Crippen LogP contribution is 2.19. The molecule has 0 bridgehead atoms. The van der Waals surface area contributed by atoms with Crippen molar-refractivity contribution in [2.45, 2.75) is 17.9 Å². The fraction of sp³-hybridized carbons (Fsp3) is 0.231. The van der Waals surface area contributed by atoms with Crippen LogP contribution in [0.15, 0.2) is 35.9 Å². The Morgan fingerprint density at radius 1 is 1.10 bits per heavy atom. The summed E-state index contributed by atoms with van der Waals surface area (Å²) in [6.45, 7) is 0.836. The van der Waals surface area contributed by atoms with Crippen LogP contribution in [0.4, 0.5) is 11.6 Å². The average Bonchev–Trinajstić information content (AvgIpc) is 2.90. The zero-order valence-electron chi connectivity index (χ0n) is 11.3. The highest BCUT2D eigenvalue weighted by atomic mass is 32.2. The highest BCUT2D eigenvalue weighted by Gasteiger charge is 2.07. The van der Waals surface area contributed by atoms with Crippen molar-refractivity contribution in [2.75, 3.05) is 17.2 Å². The van der Waals surface area contributed by atoms with E-state index in [1.54, 1.807) is 24.3 Å². The first-order chi connectivity index (χ1) is 10.2. The molecule has 21 heavy (non-hydrogen) atoms. The molecule has 7 nitrogen and oxygen atoms in total. The number of anilines is 2. The first-order valence-corrected chi connectivity index (χ1v) is 7.48. The zero-order chi connectivity index (χ0) is 14.7. The van der Waals surface area contributed by atoms with E-state index in [9.17, 15) is 0 Å². The highest BCUT2D eigenvalue weighted by molar-refractivity contribution is 7.99. The lowest BCUT2D eigenvalue weighted by Gasteiger charge is -2.04. The van der Waals surface area contributed by atoms with E-state index in [2.05, 4.69) is 19.9 Å². The van der Waals surface area contributed by atoms with Crippen LogP contribution in [0.2, 0.25) is 0 Å². The molecule has 0 radical (unpaired) electrons. The van der Waals surface area contributed by atoms with Crippen molar-refractivity contribution in [3.05, 3.63) is 31.0 Å². The molecule has 0 amide bonds. The number of nitrogens with two attached hydrogens (primary N) is 2. The van der Waals surface area contributed by atoms with Gasteiger partial charge in [-0.15, -0.1) is 11.8 Å². The van der Waals surface area contributed by atoms with Crippen LogP contribution in [0.25, 0.3) is 11.2 Å². The van der Waals surface area contributed by atoms with E-state index >= 15 is 0 Å². The lowest BCUT2D eigenvalue weighted by molar-refractivity contribution is 0.696. The molecule has 3 aromatic rings. The van der Waals surface area contributed by atoms with Crippen LogP contribution in [-0.4, -0.2) is 30.3 Å². The summed E-state index contributed by atoms with van der Waals surface area (Å²) in [5, 5.41) is 0. The van der Waals surface area contributed by atoms with Gasteiger partial charge in [-0.1, -0.05) is 0 Å². The Hall–Kier alpha value is -2.35. The number of imidazole rings is 1. The molecule has 0 fully saturated rings. The minimum Gasteiger partial charge on any atom is -0.384 e. The fourth-order valence-corrected chi connectivity index (χ4v) is 2.77. The van der Waals surface area contributed by atoms with Crippen molar-refractivity contribution in [1.82, 2.24) is 24.5 Å². The third-order valence-electron chi connectivity index (χ3n) is 3.00. The van der Waals surface area contributed by atoms with Gasteiger partial charge in [0.2, 0.25) is 0 Å². The molecule has 0 aliphatic rings. The van der Waals surface area contributed by atoms with Crippen molar-refractivity contribution in [1.29, 1.82) is 0 Å². The molecule has 0 saturated carbocycles. The number of rotatable bonds is 5. The van der Waals surface area contributed by atoms with Crippen LogP contribution >= 0.6 is 11.8 Å². The summed E-state index contributed by atoms with van der Waals surface area (Å²) < 4.78 is 2.00. The molecule has 3 aromatic heterocycles. The Bertz CT molecular complexity index is 738. The second kappa shape index (κ2) is 5.96. The Labute approximate surface area is 125 Å². The predicted molar refractivity (Wildman–Crippen MR) is 83.7 cm³/mol. The molecule has 0 aromatic carbocycles. The van der Waals surface area contributed by atoms with Gasteiger partial charge in [0.25, 0.3) is 0 Å². The molecule has 3 heterocycles. The molecule has 4 N–H and O–H groups in total. The maximum atomic E-state index is 5.76. The molecule has 3 rings (SSSR count). The van der Waals surface area contributed by atoms with Gasteiger partial charge >= 0.3 is 0 Å². The lowest BCUT2D eigenvalue weighted by Crippen LogP contribution is -2.00. The van der Waals surface area contributed by atoms with Crippen molar-refractivity contribution in [3.63, 3.8) is 0 Å². The normalized spacial score (nSPS) is 11.0. The summed E-state index contributed by atoms with van der Waals surface area (Å²) >= 11 is 1.75. The van der Waals surface area contributed by atoms with Crippen molar-refractivity contribution >= 4 is 34.6 Å². The maximum Gasteiger partial charge on any atom is 0.165 e. The summed E-state index contributed by atoms with van der Waals surface area (Å²) in [7, 11) is 0. The monoisotopic (exact) mass is 301 g/mol. The van der Waals surface area contributed by atoms with Gasteiger partial charge in [-0.25, -0.2) is 19.9 Å². The number of aryl methyl sites for hydroxylation is 1. The Balaban J connectivity index is 1.57. The van der Waals surface area contributed by atoms with Gasteiger partial charge in [0.05, 0.1) is 6.33 Å². The predicted octanol–water partition coefficient (Wildman–Crippen LogP) is 1.57. The number of nitrogen functional groups attached to an aromatic ring is 2. The molecular formula is C13H15N7S. The van der Waals surface area contributed by atoms with E-state index in [0.29, 0.717) is 17.2 Å². The van der Waals surface area contributed by atoms with Gasteiger partial charge in [-0.3, -0.25) is 0 Å². The van der Waals surface area contributed by atoms with Crippen LogP contribution in [0.3, 0.4) is 0 Å². The first kappa shape index (κ1) is 13.6. The summed E-state index contributed by atoms with van der Waals surface area (Å²) in [6, 6.07) is 3.79. The van der Waals surface area contributed by atoms with Gasteiger partial charge in [-0.05, 0) is 24.3 Å². The van der Waals surface area contributed by atoms with E-state index in [4.69, 9.17) is 11.5 Å². The number of hydrogen-bond acceptors (Lipinski definition) is 7. The van der Waals surface area contributed by atoms with Crippen molar-refractivity contribution < 1.29 is 0 Å². The van der Waals surface area contributed by atoms with Crippen LogP contribution in [-0.2, 0) is 6.54 Å². The van der Waals surface area contributed by atoms with E-state index in [0.717, 1.165) is 29.3 Å². The van der Waals surface area contributed by atoms with Crippen molar-refractivity contribution in [3.8, 4) is 0 Å². The zero-order valence-corrected chi connectivity index (χ0v) is 12.1. The third-order valence-corrected chi connectivity index (χ3v) is 4.07. The van der Waals surface area contributed by atoms with Crippen LogP contribution in [0.1, 0.15) is 6.42 Å².